The summed E-state index contributed by atoms with van der Waals surface area (Å²) in [6.07, 6.45) is 0. The molecule has 0 unspecified atom stereocenters. The van der Waals surface area contributed by atoms with Gasteiger partial charge in [0.1, 0.15) is 5.75 Å². The monoisotopic (exact) mass is 557 g/mol. The number of likely N-dealkylation sites (N-methyl/N-ethyl adjacent to an activating group) is 1. The second-order valence-electron chi connectivity index (χ2n) is 7.13. The minimum Gasteiger partial charge on any atom is -0.484 e. The van der Waals surface area contributed by atoms with E-state index in [1.165, 1.54) is 4.88 Å². The second-order valence-corrected chi connectivity index (χ2v) is 8.17. The second kappa shape index (κ2) is 13.5. The molecule has 2 N–H and O–H groups in total. The van der Waals surface area contributed by atoms with Gasteiger partial charge in [-0.3, -0.25) is 14.7 Å². The van der Waals surface area contributed by atoms with Crippen molar-refractivity contribution in [1.29, 1.82) is 0 Å². The van der Waals surface area contributed by atoms with Crippen molar-refractivity contribution in [2.45, 2.75) is 20.0 Å². The first-order valence-corrected chi connectivity index (χ1v) is 11.2. The van der Waals surface area contributed by atoms with Gasteiger partial charge in [-0.15, -0.1) is 35.3 Å². The van der Waals surface area contributed by atoms with Gasteiger partial charge in [0.15, 0.2) is 12.6 Å². The summed E-state index contributed by atoms with van der Waals surface area (Å²) in [6, 6.07) is 12.1. The van der Waals surface area contributed by atoms with Crippen LogP contribution >= 0.6 is 35.3 Å². The van der Waals surface area contributed by atoms with Crippen LogP contribution in [-0.2, 0) is 17.9 Å². The van der Waals surface area contributed by atoms with Gasteiger partial charge in [0, 0.05) is 57.7 Å². The molecule has 9 heteroatoms. The van der Waals surface area contributed by atoms with Crippen LogP contribution in [-0.4, -0.2) is 68.0 Å². The van der Waals surface area contributed by atoms with Crippen LogP contribution in [0.3, 0.4) is 0 Å². The highest BCUT2D eigenvalue weighted by Crippen LogP contribution is 2.15. The van der Waals surface area contributed by atoms with Crippen molar-refractivity contribution in [3.05, 3.63) is 52.2 Å². The number of halogens is 1. The van der Waals surface area contributed by atoms with Crippen LogP contribution in [0, 0.1) is 0 Å². The van der Waals surface area contributed by atoms with E-state index >= 15 is 0 Å². The van der Waals surface area contributed by atoms with E-state index < -0.39 is 0 Å². The van der Waals surface area contributed by atoms with Crippen LogP contribution in [0.5, 0.6) is 5.75 Å². The largest absolute Gasteiger partial charge is 0.484 e. The SMILES string of the molecule is CCNC(=O)COc1cccc(CNC(=NC)N2CCN(Cc3cccs3)CC2)c1.I. The van der Waals surface area contributed by atoms with Crippen molar-refractivity contribution in [3.63, 3.8) is 0 Å². The van der Waals surface area contributed by atoms with E-state index in [2.05, 4.69) is 42.9 Å². The quantitative estimate of drug-likeness (QED) is 0.297. The molecule has 2 heterocycles. The van der Waals surface area contributed by atoms with Crippen molar-refractivity contribution < 1.29 is 9.53 Å². The first kappa shape index (κ1) is 25.4. The predicted octanol–water partition coefficient (Wildman–Crippen LogP) is 2.77. The van der Waals surface area contributed by atoms with Crippen LogP contribution in [0.4, 0.5) is 0 Å². The van der Waals surface area contributed by atoms with E-state index in [0.717, 1.165) is 44.2 Å². The van der Waals surface area contributed by atoms with Crippen molar-refractivity contribution in [3.8, 4) is 5.75 Å². The molecule has 1 saturated heterocycles. The molecule has 3 rings (SSSR count). The van der Waals surface area contributed by atoms with Gasteiger partial charge in [-0.05, 0) is 36.1 Å². The van der Waals surface area contributed by atoms with E-state index in [1.807, 2.05) is 49.6 Å². The topological polar surface area (TPSA) is 69.2 Å². The van der Waals surface area contributed by atoms with Crippen molar-refractivity contribution in [2.75, 3.05) is 46.4 Å². The molecule has 1 aliphatic heterocycles. The number of ether oxygens (including phenoxy) is 1. The number of nitrogens with one attached hydrogen (secondary N) is 2. The lowest BCUT2D eigenvalue weighted by Crippen LogP contribution is -2.51. The molecule has 1 amide bonds. The molecule has 7 nitrogen and oxygen atoms in total. The van der Waals surface area contributed by atoms with E-state index in [9.17, 15) is 4.79 Å². The average Bonchev–Trinajstić information content (AvgIpc) is 3.27. The van der Waals surface area contributed by atoms with Crippen LogP contribution in [0.2, 0.25) is 0 Å². The van der Waals surface area contributed by atoms with E-state index in [-0.39, 0.29) is 36.5 Å². The number of aliphatic imine (C=N–C) groups is 1. The first-order valence-electron chi connectivity index (χ1n) is 10.4. The number of hydrogen-bond donors (Lipinski definition) is 2. The molecule has 1 fully saturated rings. The van der Waals surface area contributed by atoms with Gasteiger partial charge in [-0.1, -0.05) is 18.2 Å². The Morgan fingerprint density at radius 3 is 2.65 bits per heavy atom. The predicted molar refractivity (Wildman–Crippen MR) is 137 cm³/mol. The third kappa shape index (κ3) is 8.30. The molecular weight excluding hydrogens is 525 g/mol. The molecular formula is C22H32IN5O2S. The van der Waals surface area contributed by atoms with Crippen LogP contribution in [0.15, 0.2) is 46.8 Å². The third-order valence-corrected chi connectivity index (χ3v) is 5.80. The molecule has 31 heavy (non-hydrogen) atoms. The molecule has 1 aromatic carbocycles. The Morgan fingerprint density at radius 1 is 1.16 bits per heavy atom. The summed E-state index contributed by atoms with van der Waals surface area (Å²) in [5.41, 5.74) is 1.08. The third-order valence-electron chi connectivity index (χ3n) is 4.94. The molecule has 0 atom stereocenters. The summed E-state index contributed by atoms with van der Waals surface area (Å²) in [7, 11) is 1.83. The summed E-state index contributed by atoms with van der Waals surface area (Å²) in [4.78, 5) is 22.2. The first-order chi connectivity index (χ1) is 14.7. The zero-order valence-corrected chi connectivity index (χ0v) is 21.3. The maximum Gasteiger partial charge on any atom is 0.257 e. The number of benzene rings is 1. The summed E-state index contributed by atoms with van der Waals surface area (Å²) in [5.74, 6) is 1.50. The van der Waals surface area contributed by atoms with Crippen LogP contribution in [0.1, 0.15) is 17.4 Å². The zero-order valence-electron chi connectivity index (χ0n) is 18.2. The van der Waals surface area contributed by atoms with Crippen molar-refractivity contribution >= 4 is 47.2 Å². The molecule has 1 aromatic heterocycles. The summed E-state index contributed by atoms with van der Waals surface area (Å²) in [5, 5.41) is 8.32. The zero-order chi connectivity index (χ0) is 21.2. The fourth-order valence-corrected chi connectivity index (χ4v) is 4.14. The van der Waals surface area contributed by atoms with E-state index in [0.29, 0.717) is 18.8 Å². The Kier molecular flexibility index (Phi) is 11.1. The lowest BCUT2D eigenvalue weighted by Gasteiger charge is -2.36. The minimum atomic E-state index is -0.111. The molecule has 170 valence electrons. The number of guanidine groups is 1. The highest BCUT2D eigenvalue weighted by atomic mass is 127. The van der Waals surface area contributed by atoms with Gasteiger partial charge in [0.05, 0.1) is 0 Å². The number of amides is 1. The number of nitrogens with zero attached hydrogens (tertiary/aromatic N) is 3. The summed E-state index contributed by atoms with van der Waals surface area (Å²) in [6.45, 7) is 8.18. The normalized spacial score (nSPS) is 14.6. The van der Waals surface area contributed by atoms with E-state index in [4.69, 9.17) is 4.74 Å². The highest BCUT2D eigenvalue weighted by molar-refractivity contribution is 14.0. The maximum atomic E-state index is 11.6. The maximum absolute atomic E-state index is 11.6. The number of rotatable bonds is 8. The molecule has 0 radical (unpaired) electrons. The molecule has 2 aromatic rings. The highest BCUT2D eigenvalue weighted by Gasteiger charge is 2.19. The molecule has 0 aliphatic carbocycles. The van der Waals surface area contributed by atoms with Crippen LogP contribution in [0.25, 0.3) is 0 Å². The van der Waals surface area contributed by atoms with Gasteiger partial charge in [0.25, 0.3) is 5.91 Å². The van der Waals surface area contributed by atoms with Gasteiger partial charge in [-0.2, -0.15) is 0 Å². The lowest BCUT2D eigenvalue weighted by atomic mass is 10.2. The van der Waals surface area contributed by atoms with E-state index in [1.54, 1.807) is 0 Å². The Bertz CT molecular complexity index is 823. The number of hydrogen-bond acceptors (Lipinski definition) is 5. The fraction of sp³-hybridized carbons (Fsp3) is 0.455. The molecule has 0 spiro atoms. The van der Waals surface area contributed by atoms with Crippen LogP contribution < -0.4 is 15.4 Å². The van der Waals surface area contributed by atoms with Gasteiger partial charge in [0.2, 0.25) is 0 Å². The van der Waals surface area contributed by atoms with Crippen molar-refractivity contribution in [1.82, 2.24) is 20.4 Å². The lowest BCUT2D eigenvalue weighted by molar-refractivity contribution is -0.122. The smallest absolute Gasteiger partial charge is 0.257 e. The Balaban J connectivity index is 0.00000341. The minimum absolute atomic E-state index is 0. The van der Waals surface area contributed by atoms with Crippen molar-refractivity contribution in [2.24, 2.45) is 4.99 Å². The molecule has 0 bridgehead atoms. The number of carbonyl (C=O) groups excluding carboxylic acids is 1. The van der Waals surface area contributed by atoms with Gasteiger partial charge < -0.3 is 20.3 Å². The Morgan fingerprint density at radius 2 is 1.97 bits per heavy atom. The Labute approximate surface area is 205 Å². The average molecular weight is 558 g/mol. The number of carbonyl (C=O) groups is 1. The Hall–Kier alpha value is -1.85. The van der Waals surface area contributed by atoms with Gasteiger partial charge >= 0.3 is 0 Å². The summed E-state index contributed by atoms with van der Waals surface area (Å²) < 4.78 is 5.58. The number of piperazine rings is 1. The standard InChI is InChI=1S/C22H31N5O2S.HI/c1-3-24-21(28)17-29-19-7-4-6-18(14-19)15-25-22(23-2)27-11-9-26(10-12-27)16-20-8-5-13-30-20;/h4-8,13-14H,3,9-12,15-17H2,1-2H3,(H,23,25)(H,24,28);1H. The fourth-order valence-electron chi connectivity index (χ4n) is 3.40. The van der Waals surface area contributed by atoms with Gasteiger partial charge in [-0.25, -0.2) is 0 Å². The number of thiophene rings is 1. The molecule has 0 saturated carbocycles. The summed E-state index contributed by atoms with van der Waals surface area (Å²) >= 11 is 1.82. The molecule has 1 aliphatic rings.